The van der Waals surface area contributed by atoms with Gasteiger partial charge in [0.05, 0.1) is 29.9 Å². The summed E-state index contributed by atoms with van der Waals surface area (Å²) in [6.45, 7) is 2.01. The Hall–Kier alpha value is -4.72. The molecule has 0 spiro atoms. The van der Waals surface area contributed by atoms with Crippen LogP contribution in [0, 0.1) is 5.92 Å². The fourth-order valence-electron chi connectivity index (χ4n) is 5.56. The predicted octanol–water partition coefficient (Wildman–Crippen LogP) is 5.26. The number of nitrogens with one attached hydrogen (secondary N) is 2. The van der Waals surface area contributed by atoms with Gasteiger partial charge in [0.1, 0.15) is 0 Å². The maximum atomic E-state index is 13.7. The Balaban J connectivity index is 1.49. The zero-order chi connectivity index (χ0) is 33.0. The van der Waals surface area contributed by atoms with Gasteiger partial charge in [-0.1, -0.05) is 54.4 Å². The van der Waals surface area contributed by atoms with Crippen LogP contribution >= 0.6 is 11.6 Å². The second-order valence-electron chi connectivity index (χ2n) is 11.3. The van der Waals surface area contributed by atoms with E-state index >= 15 is 0 Å². The van der Waals surface area contributed by atoms with Crippen molar-refractivity contribution >= 4 is 23.6 Å². The first kappa shape index (κ1) is 32.7. The van der Waals surface area contributed by atoms with Crippen LogP contribution in [0.4, 0.5) is 18.0 Å². The van der Waals surface area contributed by atoms with Crippen molar-refractivity contribution in [2.45, 2.75) is 57.3 Å². The molecule has 4 aromatic rings. The molecular formula is C31H31ClF3N7O4. The van der Waals surface area contributed by atoms with Crippen molar-refractivity contribution in [3.05, 3.63) is 93.3 Å². The van der Waals surface area contributed by atoms with Gasteiger partial charge < -0.3 is 15.7 Å². The molecule has 0 aliphatic carbocycles. The number of hydrogen-bond acceptors (Lipinski definition) is 6. The van der Waals surface area contributed by atoms with Gasteiger partial charge in [-0.3, -0.25) is 14.2 Å². The van der Waals surface area contributed by atoms with E-state index in [1.54, 1.807) is 0 Å². The first-order valence-corrected chi connectivity index (χ1v) is 15.0. The summed E-state index contributed by atoms with van der Waals surface area (Å²) in [5.74, 6) is -0.426. The molecular weight excluding hydrogens is 627 g/mol. The van der Waals surface area contributed by atoms with E-state index in [4.69, 9.17) is 16.7 Å². The van der Waals surface area contributed by atoms with Crippen molar-refractivity contribution in [2.75, 3.05) is 6.54 Å². The molecule has 2 bridgehead atoms. The van der Waals surface area contributed by atoms with Gasteiger partial charge in [-0.05, 0) is 55.0 Å². The number of carboxylic acid groups (broad SMARTS) is 1. The van der Waals surface area contributed by atoms with Gasteiger partial charge in [-0.15, -0.1) is 5.10 Å². The fourth-order valence-corrected chi connectivity index (χ4v) is 5.74. The molecule has 15 heteroatoms. The van der Waals surface area contributed by atoms with Gasteiger partial charge >= 0.3 is 12.3 Å². The molecule has 242 valence electrons. The van der Waals surface area contributed by atoms with Gasteiger partial charge in [0.25, 0.3) is 5.56 Å². The second-order valence-corrected chi connectivity index (χ2v) is 11.7. The summed E-state index contributed by atoms with van der Waals surface area (Å²) < 4.78 is 42.1. The molecule has 0 unspecified atom stereocenters. The lowest BCUT2D eigenvalue weighted by atomic mass is 9.92. The van der Waals surface area contributed by atoms with Crippen LogP contribution in [0.15, 0.2) is 65.8 Å². The fraction of sp³-hybridized carbons (Fsp3) is 0.355. The van der Waals surface area contributed by atoms with Crippen LogP contribution in [0.1, 0.15) is 55.5 Å². The number of nitrogens with zero attached hydrogens (tertiary/aromatic N) is 5. The third-order valence-corrected chi connectivity index (χ3v) is 8.17. The monoisotopic (exact) mass is 657 g/mol. The largest absolute Gasteiger partial charge is 0.465 e. The van der Waals surface area contributed by atoms with Crippen molar-refractivity contribution in [1.29, 1.82) is 0 Å². The highest BCUT2D eigenvalue weighted by Gasteiger charge is 2.35. The lowest BCUT2D eigenvalue weighted by Gasteiger charge is -2.25. The van der Waals surface area contributed by atoms with E-state index in [-0.39, 0.29) is 40.8 Å². The van der Waals surface area contributed by atoms with E-state index in [2.05, 4.69) is 25.9 Å². The topological polar surface area (TPSA) is 144 Å². The van der Waals surface area contributed by atoms with Crippen LogP contribution < -0.4 is 16.2 Å². The molecule has 5 rings (SSSR count). The molecule has 2 aromatic heterocycles. The summed E-state index contributed by atoms with van der Waals surface area (Å²) in [5.41, 5.74) is 0.890. The number of fused-ring (bicyclic) bond motifs is 2. The van der Waals surface area contributed by atoms with Crippen molar-refractivity contribution in [1.82, 2.24) is 35.2 Å². The highest BCUT2D eigenvalue weighted by Crippen LogP contribution is 2.32. The average Bonchev–Trinajstić information content (AvgIpc) is 3.50. The summed E-state index contributed by atoms with van der Waals surface area (Å²) in [5, 5.41) is 21.5. The van der Waals surface area contributed by atoms with E-state index in [0.29, 0.717) is 37.7 Å². The van der Waals surface area contributed by atoms with Crippen molar-refractivity contribution < 1.29 is 27.9 Å². The predicted molar refractivity (Wildman–Crippen MR) is 163 cm³/mol. The molecule has 2 amide bonds. The van der Waals surface area contributed by atoms with Crippen LogP contribution in [0.5, 0.6) is 0 Å². The molecule has 1 aliphatic heterocycles. The van der Waals surface area contributed by atoms with Gasteiger partial charge in [0.2, 0.25) is 5.91 Å². The molecule has 3 N–H and O–H groups in total. The Morgan fingerprint density at radius 3 is 2.67 bits per heavy atom. The van der Waals surface area contributed by atoms with Crippen LogP contribution in [-0.2, 0) is 17.4 Å². The average molecular weight is 658 g/mol. The van der Waals surface area contributed by atoms with Crippen molar-refractivity contribution in [3.63, 3.8) is 0 Å². The zero-order valence-corrected chi connectivity index (χ0v) is 25.4. The molecule has 11 nitrogen and oxygen atoms in total. The van der Waals surface area contributed by atoms with Gasteiger partial charge in [0, 0.05) is 35.2 Å². The maximum absolute atomic E-state index is 13.7. The number of aromatic nitrogens is 5. The number of amides is 2. The number of benzene rings is 2. The summed E-state index contributed by atoms with van der Waals surface area (Å²) in [6.07, 6.45) is -1.08. The number of rotatable bonds is 6. The lowest BCUT2D eigenvalue weighted by Crippen LogP contribution is -2.41. The number of hydrogen-bond donors (Lipinski definition) is 3. The highest BCUT2D eigenvalue weighted by molar-refractivity contribution is 6.31. The Morgan fingerprint density at radius 1 is 1.15 bits per heavy atom. The normalized spacial score (nSPS) is 19.1. The molecule has 3 atom stereocenters. The maximum Gasteiger partial charge on any atom is 0.436 e. The second kappa shape index (κ2) is 13.7. The zero-order valence-electron chi connectivity index (χ0n) is 24.7. The third kappa shape index (κ3) is 7.73. The third-order valence-electron chi connectivity index (χ3n) is 7.93. The van der Waals surface area contributed by atoms with Crippen molar-refractivity contribution in [3.8, 4) is 16.9 Å². The molecule has 0 saturated carbocycles. The number of carbonyl (C=O) groups is 2. The summed E-state index contributed by atoms with van der Waals surface area (Å²) in [4.78, 5) is 42.1. The van der Waals surface area contributed by atoms with E-state index in [1.165, 1.54) is 35.2 Å². The van der Waals surface area contributed by atoms with Crippen LogP contribution in [0.25, 0.3) is 16.9 Å². The minimum absolute atomic E-state index is 0.121. The molecule has 0 radical (unpaired) electrons. The molecule has 46 heavy (non-hydrogen) atoms. The lowest BCUT2D eigenvalue weighted by molar-refractivity contribution is -0.141. The summed E-state index contributed by atoms with van der Waals surface area (Å²) in [6, 6.07) is 12.7. The Labute approximate surface area is 266 Å². The number of carbonyl (C=O) groups excluding carboxylic acids is 1. The Kier molecular flexibility index (Phi) is 9.75. The SMILES string of the molecule is C[C@@H]1CCC[C@H](n2cnc(-c3cc(Cl)ccc3-n3cc(C(F)(F)F)nn3)cc2=O)c2cccc(c2)C[C@@H](CCNC(=O)O)NC1=O. The number of halogens is 4. The quantitative estimate of drug-likeness (QED) is 0.257. The first-order valence-electron chi connectivity index (χ1n) is 14.6. The summed E-state index contributed by atoms with van der Waals surface area (Å²) >= 11 is 6.23. The Bertz CT molecular complexity index is 1790. The van der Waals surface area contributed by atoms with Crippen molar-refractivity contribution in [2.24, 2.45) is 5.92 Å². The first-order chi connectivity index (χ1) is 21.9. The van der Waals surface area contributed by atoms with Gasteiger partial charge in [-0.2, -0.15) is 13.2 Å². The van der Waals surface area contributed by atoms with E-state index in [0.717, 1.165) is 22.0 Å². The standard InChI is InChI=1S/C31H31ClF3N7O4/c1-18-4-2-7-25(20-6-3-5-19(12-20)13-22(38-29(18)44)10-11-36-30(45)46)41-17-37-24(15-28(41)43)23-14-21(32)8-9-26(23)42-16-27(39-40-42)31(33,34)35/h3,5-6,8-9,12,14-18,22,25,36H,2,4,7,10-11,13H2,1H3,(H,38,44)(H,45,46)/t18-,22-,25+/m1/s1. The molecule has 1 aliphatic rings. The molecule has 0 fully saturated rings. The minimum atomic E-state index is -4.69. The van der Waals surface area contributed by atoms with E-state index in [9.17, 15) is 27.6 Å². The number of alkyl halides is 3. The van der Waals surface area contributed by atoms with Gasteiger partial charge in [0.15, 0.2) is 5.69 Å². The minimum Gasteiger partial charge on any atom is -0.465 e. The Morgan fingerprint density at radius 2 is 1.96 bits per heavy atom. The molecule has 0 saturated heterocycles. The van der Waals surface area contributed by atoms with Gasteiger partial charge in [-0.25, -0.2) is 14.5 Å². The van der Waals surface area contributed by atoms with Crippen LogP contribution in [-0.4, -0.2) is 54.2 Å². The summed E-state index contributed by atoms with van der Waals surface area (Å²) in [7, 11) is 0. The smallest absolute Gasteiger partial charge is 0.436 e. The van der Waals surface area contributed by atoms with Crippen LogP contribution in [0.2, 0.25) is 5.02 Å². The van der Waals surface area contributed by atoms with Crippen LogP contribution in [0.3, 0.4) is 0 Å². The van der Waals surface area contributed by atoms with E-state index < -0.39 is 29.6 Å². The molecule has 3 heterocycles. The molecule has 2 aromatic carbocycles. The highest BCUT2D eigenvalue weighted by atomic mass is 35.5. The van der Waals surface area contributed by atoms with E-state index in [1.807, 2.05) is 31.2 Å².